The average Bonchev–Trinajstić information content (AvgIpc) is 2.29. The molecule has 3 heteroatoms. The van der Waals surface area contributed by atoms with Gasteiger partial charge < -0.3 is 9.47 Å². The van der Waals surface area contributed by atoms with Crippen LogP contribution >= 0.6 is 11.6 Å². The Hall–Kier alpha value is -0.890. The standard InChI is InChI=1S/C12H17ClO2/c1-14-11-6-7-12(15-2)10(9-11)5-3-4-8-13/h6-7,9H,3-5,8H2,1-2H3. The van der Waals surface area contributed by atoms with E-state index in [9.17, 15) is 0 Å². The van der Waals surface area contributed by atoms with Crippen LogP contribution < -0.4 is 9.47 Å². The lowest BCUT2D eigenvalue weighted by atomic mass is 10.1. The van der Waals surface area contributed by atoms with E-state index in [0.717, 1.165) is 30.8 Å². The van der Waals surface area contributed by atoms with Crippen molar-refractivity contribution in [3.8, 4) is 11.5 Å². The number of alkyl halides is 1. The molecule has 0 spiro atoms. The summed E-state index contributed by atoms with van der Waals surface area (Å²) in [6.45, 7) is 0. The lowest BCUT2D eigenvalue weighted by molar-refractivity contribution is 0.398. The zero-order valence-electron chi connectivity index (χ0n) is 9.25. The molecule has 0 saturated carbocycles. The summed E-state index contributed by atoms with van der Waals surface area (Å²) < 4.78 is 10.5. The molecule has 0 unspecified atom stereocenters. The summed E-state index contributed by atoms with van der Waals surface area (Å²) in [5.74, 6) is 2.51. The van der Waals surface area contributed by atoms with E-state index < -0.39 is 0 Å². The number of aryl methyl sites for hydroxylation is 1. The van der Waals surface area contributed by atoms with Crippen molar-refractivity contribution in [2.45, 2.75) is 19.3 Å². The second-order valence-corrected chi connectivity index (χ2v) is 3.70. The van der Waals surface area contributed by atoms with Gasteiger partial charge in [0.2, 0.25) is 0 Å². The molecule has 0 aliphatic carbocycles. The maximum absolute atomic E-state index is 5.64. The van der Waals surface area contributed by atoms with Crippen molar-refractivity contribution in [2.24, 2.45) is 0 Å². The van der Waals surface area contributed by atoms with Crippen molar-refractivity contribution in [1.82, 2.24) is 0 Å². The minimum absolute atomic E-state index is 0.715. The summed E-state index contributed by atoms with van der Waals surface area (Å²) in [5.41, 5.74) is 1.18. The minimum atomic E-state index is 0.715. The van der Waals surface area contributed by atoms with Crippen LogP contribution in [0, 0.1) is 0 Å². The zero-order chi connectivity index (χ0) is 11.1. The van der Waals surface area contributed by atoms with Crippen molar-refractivity contribution in [3.05, 3.63) is 23.8 Å². The highest BCUT2D eigenvalue weighted by atomic mass is 35.5. The Morgan fingerprint density at radius 1 is 1.13 bits per heavy atom. The Morgan fingerprint density at radius 3 is 2.53 bits per heavy atom. The highest BCUT2D eigenvalue weighted by Gasteiger charge is 2.04. The molecule has 0 amide bonds. The van der Waals surface area contributed by atoms with E-state index in [1.54, 1.807) is 14.2 Å². The molecule has 0 aliphatic rings. The Kier molecular flexibility index (Phi) is 5.33. The summed E-state index contributed by atoms with van der Waals surface area (Å²) in [6, 6.07) is 5.87. The molecule has 0 fully saturated rings. The number of benzene rings is 1. The topological polar surface area (TPSA) is 18.5 Å². The van der Waals surface area contributed by atoms with Gasteiger partial charge in [-0.2, -0.15) is 0 Å². The molecule has 0 N–H and O–H groups in total. The van der Waals surface area contributed by atoms with Crippen LogP contribution in [0.25, 0.3) is 0 Å². The van der Waals surface area contributed by atoms with E-state index in [4.69, 9.17) is 21.1 Å². The van der Waals surface area contributed by atoms with E-state index in [0.29, 0.717) is 5.88 Å². The summed E-state index contributed by atoms with van der Waals surface area (Å²) in [7, 11) is 3.36. The number of hydrogen-bond acceptors (Lipinski definition) is 2. The highest BCUT2D eigenvalue weighted by Crippen LogP contribution is 2.25. The van der Waals surface area contributed by atoms with Gasteiger partial charge in [0.25, 0.3) is 0 Å². The van der Waals surface area contributed by atoms with E-state index in [1.807, 2.05) is 18.2 Å². The van der Waals surface area contributed by atoms with Crippen LogP contribution in [0.2, 0.25) is 0 Å². The molecular formula is C12H17ClO2. The largest absolute Gasteiger partial charge is 0.497 e. The number of halogens is 1. The van der Waals surface area contributed by atoms with Gasteiger partial charge in [-0.25, -0.2) is 0 Å². The Labute approximate surface area is 96.2 Å². The Balaban J connectivity index is 2.72. The van der Waals surface area contributed by atoms with Crippen LogP contribution in [0.5, 0.6) is 11.5 Å². The number of ether oxygens (including phenoxy) is 2. The molecule has 0 aliphatic heterocycles. The molecule has 2 nitrogen and oxygen atoms in total. The Morgan fingerprint density at radius 2 is 1.93 bits per heavy atom. The second kappa shape index (κ2) is 6.57. The van der Waals surface area contributed by atoms with Crippen LogP contribution in [0.15, 0.2) is 18.2 Å². The van der Waals surface area contributed by atoms with Gasteiger partial charge in [-0.1, -0.05) is 0 Å². The summed E-state index contributed by atoms with van der Waals surface area (Å²) in [5, 5.41) is 0. The quantitative estimate of drug-likeness (QED) is 0.550. The normalized spacial score (nSPS) is 10.1. The maximum Gasteiger partial charge on any atom is 0.122 e. The van der Waals surface area contributed by atoms with Crippen LogP contribution in [-0.4, -0.2) is 20.1 Å². The van der Waals surface area contributed by atoms with Gasteiger partial charge in [0.05, 0.1) is 14.2 Å². The van der Waals surface area contributed by atoms with Crippen molar-refractivity contribution in [1.29, 1.82) is 0 Å². The third-order valence-corrected chi connectivity index (χ3v) is 2.58. The van der Waals surface area contributed by atoms with Gasteiger partial charge >= 0.3 is 0 Å². The van der Waals surface area contributed by atoms with Crippen LogP contribution in [0.3, 0.4) is 0 Å². The third kappa shape index (κ3) is 3.63. The molecule has 0 heterocycles. The fourth-order valence-corrected chi connectivity index (χ4v) is 1.68. The van der Waals surface area contributed by atoms with Gasteiger partial charge in [-0.15, -0.1) is 11.6 Å². The molecule has 0 atom stereocenters. The van der Waals surface area contributed by atoms with E-state index in [-0.39, 0.29) is 0 Å². The smallest absolute Gasteiger partial charge is 0.122 e. The molecule has 84 valence electrons. The van der Waals surface area contributed by atoms with Crippen molar-refractivity contribution < 1.29 is 9.47 Å². The van der Waals surface area contributed by atoms with E-state index in [1.165, 1.54) is 5.56 Å². The molecule has 0 saturated heterocycles. The Bertz CT molecular complexity index is 300. The molecule has 0 bridgehead atoms. The van der Waals surface area contributed by atoms with Crippen molar-refractivity contribution in [3.63, 3.8) is 0 Å². The molecule has 0 aromatic heterocycles. The first kappa shape index (κ1) is 12.2. The highest BCUT2D eigenvalue weighted by molar-refractivity contribution is 6.17. The van der Waals surface area contributed by atoms with Crippen molar-refractivity contribution >= 4 is 11.6 Å². The number of hydrogen-bond donors (Lipinski definition) is 0. The van der Waals surface area contributed by atoms with Gasteiger partial charge in [-0.3, -0.25) is 0 Å². The van der Waals surface area contributed by atoms with Crippen LogP contribution in [0.1, 0.15) is 18.4 Å². The first-order valence-corrected chi connectivity index (χ1v) is 5.62. The average molecular weight is 229 g/mol. The summed E-state index contributed by atoms with van der Waals surface area (Å²) in [4.78, 5) is 0. The predicted octanol–water partition coefficient (Wildman–Crippen LogP) is 3.27. The summed E-state index contributed by atoms with van der Waals surface area (Å²) >= 11 is 5.64. The number of unbranched alkanes of at least 4 members (excludes halogenated alkanes) is 1. The fourth-order valence-electron chi connectivity index (χ4n) is 1.49. The molecule has 1 aromatic rings. The van der Waals surface area contributed by atoms with Crippen molar-refractivity contribution in [2.75, 3.05) is 20.1 Å². The summed E-state index contributed by atoms with van der Waals surface area (Å²) in [6.07, 6.45) is 3.09. The molecule has 15 heavy (non-hydrogen) atoms. The predicted molar refractivity (Wildman–Crippen MR) is 63.2 cm³/mol. The van der Waals surface area contributed by atoms with Gasteiger partial charge in [0.1, 0.15) is 11.5 Å². The fraction of sp³-hybridized carbons (Fsp3) is 0.500. The first-order valence-electron chi connectivity index (χ1n) is 5.08. The number of methoxy groups -OCH3 is 2. The van der Waals surface area contributed by atoms with Crippen LogP contribution in [0.4, 0.5) is 0 Å². The minimum Gasteiger partial charge on any atom is -0.497 e. The monoisotopic (exact) mass is 228 g/mol. The molecule has 1 aromatic carbocycles. The lowest BCUT2D eigenvalue weighted by Crippen LogP contribution is -1.94. The van der Waals surface area contributed by atoms with Gasteiger partial charge in [0.15, 0.2) is 0 Å². The van der Waals surface area contributed by atoms with Crippen LogP contribution in [-0.2, 0) is 6.42 Å². The molecule has 0 radical (unpaired) electrons. The number of rotatable bonds is 6. The zero-order valence-corrected chi connectivity index (χ0v) is 10.0. The molecular weight excluding hydrogens is 212 g/mol. The molecule has 1 rings (SSSR count). The lowest BCUT2D eigenvalue weighted by Gasteiger charge is -2.09. The third-order valence-electron chi connectivity index (χ3n) is 2.32. The SMILES string of the molecule is COc1ccc(OC)c(CCCCCl)c1. The second-order valence-electron chi connectivity index (χ2n) is 3.32. The van der Waals surface area contributed by atoms with E-state index >= 15 is 0 Å². The van der Waals surface area contributed by atoms with Gasteiger partial charge in [-0.05, 0) is 43.0 Å². The van der Waals surface area contributed by atoms with E-state index in [2.05, 4.69) is 0 Å². The van der Waals surface area contributed by atoms with Gasteiger partial charge in [0, 0.05) is 5.88 Å². The first-order chi connectivity index (χ1) is 7.31. The maximum atomic E-state index is 5.64.